The fourth-order valence-electron chi connectivity index (χ4n) is 1.16. The standard InChI is InChI=1S/C9H6ClNO5/c1-2-14-9-11-7(12)6-4(15-9)3-5(10)16-8(6)13/h3H,2H2,1H3. The van der Waals surface area contributed by atoms with Crippen molar-refractivity contribution in [3.63, 3.8) is 0 Å². The van der Waals surface area contributed by atoms with E-state index in [2.05, 4.69) is 9.40 Å². The van der Waals surface area contributed by atoms with Crippen LogP contribution in [-0.4, -0.2) is 11.6 Å². The third-order valence-electron chi connectivity index (χ3n) is 1.76. The summed E-state index contributed by atoms with van der Waals surface area (Å²) in [7, 11) is 0. The number of nitrogens with zero attached hydrogens (tertiary/aromatic N) is 1. The summed E-state index contributed by atoms with van der Waals surface area (Å²) in [6, 6.07) is 1.21. The molecule has 7 heteroatoms. The number of rotatable bonds is 2. The molecular formula is C9H6ClNO5. The maximum atomic E-state index is 11.5. The van der Waals surface area contributed by atoms with E-state index < -0.39 is 11.2 Å². The Balaban J connectivity index is 2.82. The van der Waals surface area contributed by atoms with Gasteiger partial charge in [-0.3, -0.25) is 4.79 Å². The Morgan fingerprint density at radius 3 is 2.88 bits per heavy atom. The summed E-state index contributed by atoms with van der Waals surface area (Å²) < 4.78 is 14.5. The Kier molecular flexibility index (Phi) is 2.66. The normalized spacial score (nSPS) is 10.6. The molecule has 0 aliphatic rings. The van der Waals surface area contributed by atoms with Crippen LogP contribution in [0, 0.1) is 0 Å². The second-order valence-electron chi connectivity index (χ2n) is 2.80. The Bertz CT molecular complexity index is 644. The molecule has 0 aliphatic carbocycles. The van der Waals surface area contributed by atoms with Gasteiger partial charge in [-0.25, -0.2) is 4.79 Å². The SMILES string of the molecule is CCOc1nc(=O)c2c(=O)oc(Cl)cc2o1. The maximum Gasteiger partial charge on any atom is 0.397 e. The van der Waals surface area contributed by atoms with Gasteiger partial charge >= 0.3 is 11.7 Å². The molecule has 0 saturated carbocycles. The molecule has 6 nitrogen and oxygen atoms in total. The lowest BCUT2D eigenvalue weighted by molar-refractivity contribution is 0.242. The molecular weight excluding hydrogens is 238 g/mol. The van der Waals surface area contributed by atoms with Crippen LogP contribution < -0.4 is 15.9 Å². The first-order valence-corrected chi connectivity index (χ1v) is 4.77. The van der Waals surface area contributed by atoms with Crippen molar-refractivity contribution in [1.29, 1.82) is 0 Å². The number of halogens is 1. The largest absolute Gasteiger partial charge is 0.450 e. The van der Waals surface area contributed by atoms with E-state index in [1.54, 1.807) is 6.92 Å². The molecule has 16 heavy (non-hydrogen) atoms. The van der Waals surface area contributed by atoms with Crippen molar-refractivity contribution in [2.75, 3.05) is 6.61 Å². The Morgan fingerprint density at radius 1 is 1.44 bits per heavy atom. The van der Waals surface area contributed by atoms with E-state index in [9.17, 15) is 9.59 Å². The predicted octanol–water partition coefficient (Wildman–Crippen LogP) is 1.19. The van der Waals surface area contributed by atoms with Crippen molar-refractivity contribution in [1.82, 2.24) is 4.98 Å². The van der Waals surface area contributed by atoms with Crippen molar-refractivity contribution in [3.8, 4) is 6.08 Å². The van der Waals surface area contributed by atoms with Gasteiger partial charge in [0.05, 0.1) is 6.61 Å². The smallest absolute Gasteiger partial charge is 0.397 e. The summed E-state index contributed by atoms with van der Waals surface area (Å²) in [5.74, 6) is 0. The highest BCUT2D eigenvalue weighted by Crippen LogP contribution is 2.16. The van der Waals surface area contributed by atoms with Gasteiger partial charge in [-0.1, -0.05) is 0 Å². The first kappa shape index (κ1) is 10.7. The van der Waals surface area contributed by atoms with Crippen molar-refractivity contribution in [2.24, 2.45) is 0 Å². The predicted molar refractivity (Wildman–Crippen MR) is 55.0 cm³/mol. The Labute approximate surface area is 93.4 Å². The van der Waals surface area contributed by atoms with Gasteiger partial charge in [0.25, 0.3) is 5.56 Å². The molecule has 2 heterocycles. The average molecular weight is 244 g/mol. The van der Waals surface area contributed by atoms with Gasteiger partial charge in [-0.15, -0.1) is 4.98 Å². The van der Waals surface area contributed by atoms with E-state index in [0.717, 1.165) is 0 Å². The molecule has 0 aromatic carbocycles. The monoisotopic (exact) mass is 243 g/mol. The van der Waals surface area contributed by atoms with E-state index in [0.29, 0.717) is 0 Å². The third kappa shape index (κ3) is 1.79. The molecule has 0 spiro atoms. The third-order valence-corrected chi connectivity index (χ3v) is 1.94. The zero-order valence-electron chi connectivity index (χ0n) is 8.15. The van der Waals surface area contributed by atoms with Crippen molar-refractivity contribution in [3.05, 3.63) is 32.1 Å². The van der Waals surface area contributed by atoms with Crippen molar-refractivity contribution in [2.45, 2.75) is 6.92 Å². The molecule has 0 amide bonds. The second kappa shape index (κ2) is 3.97. The highest BCUT2D eigenvalue weighted by Gasteiger charge is 2.13. The summed E-state index contributed by atoms with van der Waals surface area (Å²) in [5, 5.41) is -0.456. The fraction of sp³-hybridized carbons (Fsp3) is 0.222. The molecule has 0 aliphatic heterocycles. The lowest BCUT2D eigenvalue weighted by Gasteiger charge is -2.00. The zero-order chi connectivity index (χ0) is 11.7. The van der Waals surface area contributed by atoms with E-state index in [1.807, 2.05) is 0 Å². The van der Waals surface area contributed by atoms with E-state index >= 15 is 0 Å². The highest BCUT2D eigenvalue weighted by atomic mass is 35.5. The van der Waals surface area contributed by atoms with Crippen LogP contribution >= 0.6 is 11.6 Å². The zero-order valence-corrected chi connectivity index (χ0v) is 8.91. The topological polar surface area (TPSA) is 82.5 Å². The van der Waals surface area contributed by atoms with Gasteiger partial charge in [0.2, 0.25) is 5.22 Å². The van der Waals surface area contributed by atoms with Crippen LogP contribution in [0.4, 0.5) is 0 Å². The van der Waals surface area contributed by atoms with Gasteiger partial charge in [0.15, 0.2) is 11.0 Å². The van der Waals surface area contributed by atoms with Gasteiger partial charge in [0.1, 0.15) is 0 Å². The first-order valence-electron chi connectivity index (χ1n) is 4.39. The average Bonchev–Trinajstić information content (AvgIpc) is 2.15. The van der Waals surface area contributed by atoms with Crippen molar-refractivity contribution < 1.29 is 13.6 Å². The molecule has 0 unspecified atom stereocenters. The quantitative estimate of drug-likeness (QED) is 0.788. The molecule has 84 valence electrons. The van der Waals surface area contributed by atoms with Crippen LogP contribution in [0.15, 0.2) is 24.5 Å². The molecule has 2 rings (SSSR count). The van der Waals surface area contributed by atoms with Crippen LogP contribution in [0.5, 0.6) is 6.08 Å². The summed E-state index contributed by atoms with van der Waals surface area (Å²) in [5.41, 5.74) is -1.66. The van der Waals surface area contributed by atoms with Crippen LogP contribution in [-0.2, 0) is 0 Å². The van der Waals surface area contributed by atoms with Crippen LogP contribution in [0.1, 0.15) is 6.92 Å². The van der Waals surface area contributed by atoms with Gasteiger partial charge in [-0.2, -0.15) is 0 Å². The lowest BCUT2D eigenvalue weighted by Crippen LogP contribution is -2.16. The minimum absolute atomic E-state index is 0.00954. The number of ether oxygens (including phenoxy) is 1. The Hall–Kier alpha value is -1.82. The van der Waals surface area contributed by atoms with E-state index in [4.69, 9.17) is 20.8 Å². The van der Waals surface area contributed by atoms with E-state index in [1.165, 1.54) is 6.07 Å². The van der Waals surface area contributed by atoms with Crippen LogP contribution in [0.3, 0.4) is 0 Å². The molecule has 0 atom stereocenters. The molecule has 2 aromatic heterocycles. The Morgan fingerprint density at radius 2 is 2.19 bits per heavy atom. The molecule has 0 saturated heterocycles. The molecule has 0 N–H and O–H groups in total. The number of hydrogen-bond donors (Lipinski definition) is 0. The number of fused-ring (bicyclic) bond motifs is 1. The molecule has 0 radical (unpaired) electrons. The number of aromatic nitrogens is 1. The van der Waals surface area contributed by atoms with Gasteiger partial charge < -0.3 is 13.6 Å². The lowest BCUT2D eigenvalue weighted by atomic mass is 10.3. The molecule has 0 bridgehead atoms. The van der Waals surface area contributed by atoms with Crippen LogP contribution in [0.2, 0.25) is 5.22 Å². The second-order valence-corrected chi connectivity index (χ2v) is 3.17. The first-order chi connectivity index (χ1) is 7.61. The van der Waals surface area contributed by atoms with Gasteiger partial charge in [0, 0.05) is 6.07 Å². The summed E-state index contributed by atoms with van der Waals surface area (Å²) >= 11 is 5.52. The summed E-state index contributed by atoms with van der Waals surface area (Å²) in [6.07, 6.45) is -0.207. The number of hydrogen-bond acceptors (Lipinski definition) is 6. The minimum atomic E-state index is -0.883. The fourth-order valence-corrected chi connectivity index (χ4v) is 1.33. The van der Waals surface area contributed by atoms with Gasteiger partial charge in [-0.05, 0) is 18.5 Å². The minimum Gasteiger partial charge on any atom is -0.450 e. The summed E-state index contributed by atoms with van der Waals surface area (Å²) in [6.45, 7) is 1.99. The molecule has 2 aromatic rings. The van der Waals surface area contributed by atoms with Crippen molar-refractivity contribution >= 4 is 22.6 Å². The summed E-state index contributed by atoms with van der Waals surface area (Å²) in [4.78, 5) is 26.2. The molecule has 0 fully saturated rings. The maximum absolute atomic E-state index is 11.5. The highest BCUT2D eigenvalue weighted by molar-refractivity contribution is 6.29. The van der Waals surface area contributed by atoms with E-state index in [-0.39, 0.29) is 28.9 Å². The van der Waals surface area contributed by atoms with Crippen LogP contribution in [0.25, 0.3) is 11.0 Å².